The lowest BCUT2D eigenvalue weighted by molar-refractivity contribution is -0.136. The third-order valence-corrected chi connectivity index (χ3v) is 3.22. The summed E-state index contributed by atoms with van der Waals surface area (Å²) in [4.78, 5) is 11.9. The van der Waals surface area contributed by atoms with E-state index in [0.29, 0.717) is 0 Å². The molecule has 15 heavy (non-hydrogen) atoms. The molecule has 0 aromatic heterocycles. The van der Waals surface area contributed by atoms with Gasteiger partial charge in [0.15, 0.2) is 0 Å². The lowest BCUT2D eigenvalue weighted by Gasteiger charge is -2.11. The SMILES string of the molecule is CCSc1cccc(CC)c1CC(=O)O. The smallest absolute Gasteiger partial charge is 0.307 e. The normalized spacial score (nSPS) is 10.3. The van der Waals surface area contributed by atoms with E-state index in [1.54, 1.807) is 11.8 Å². The Morgan fingerprint density at radius 2 is 2.13 bits per heavy atom. The van der Waals surface area contributed by atoms with Crippen molar-refractivity contribution in [3.8, 4) is 0 Å². The molecule has 1 rings (SSSR count). The Morgan fingerprint density at radius 3 is 2.67 bits per heavy atom. The Kier molecular flexibility index (Phi) is 4.69. The highest BCUT2D eigenvalue weighted by molar-refractivity contribution is 7.99. The highest BCUT2D eigenvalue weighted by Gasteiger charge is 2.10. The molecule has 3 heteroatoms. The minimum atomic E-state index is -0.756. The second-order valence-electron chi connectivity index (χ2n) is 3.25. The summed E-state index contributed by atoms with van der Waals surface area (Å²) in [6, 6.07) is 6.02. The van der Waals surface area contributed by atoms with Crippen molar-refractivity contribution in [3.63, 3.8) is 0 Å². The Bertz CT molecular complexity index is 347. The second-order valence-corrected chi connectivity index (χ2v) is 4.56. The molecule has 0 saturated heterocycles. The molecule has 0 spiro atoms. The van der Waals surface area contributed by atoms with Gasteiger partial charge in [-0.1, -0.05) is 26.0 Å². The molecule has 0 unspecified atom stereocenters. The molecule has 1 aromatic rings. The maximum Gasteiger partial charge on any atom is 0.307 e. The zero-order valence-electron chi connectivity index (χ0n) is 9.12. The number of rotatable bonds is 5. The van der Waals surface area contributed by atoms with Crippen molar-refractivity contribution in [3.05, 3.63) is 29.3 Å². The van der Waals surface area contributed by atoms with Crippen LogP contribution in [0.15, 0.2) is 23.1 Å². The minimum Gasteiger partial charge on any atom is -0.481 e. The summed E-state index contributed by atoms with van der Waals surface area (Å²) >= 11 is 1.71. The number of carbonyl (C=O) groups is 1. The van der Waals surface area contributed by atoms with Crippen LogP contribution >= 0.6 is 11.8 Å². The van der Waals surface area contributed by atoms with E-state index in [9.17, 15) is 4.79 Å². The first-order valence-corrected chi connectivity index (χ1v) is 6.13. The van der Waals surface area contributed by atoms with Crippen LogP contribution in [0.5, 0.6) is 0 Å². The summed E-state index contributed by atoms with van der Waals surface area (Å²) in [5.41, 5.74) is 2.13. The molecule has 0 atom stereocenters. The molecular formula is C12H16O2S. The van der Waals surface area contributed by atoms with Gasteiger partial charge in [0.25, 0.3) is 0 Å². The molecule has 0 bridgehead atoms. The molecule has 0 heterocycles. The van der Waals surface area contributed by atoms with E-state index in [-0.39, 0.29) is 6.42 Å². The van der Waals surface area contributed by atoms with Gasteiger partial charge in [0, 0.05) is 4.90 Å². The number of hydrogen-bond acceptors (Lipinski definition) is 2. The van der Waals surface area contributed by atoms with E-state index in [2.05, 4.69) is 13.8 Å². The van der Waals surface area contributed by atoms with Crippen LogP contribution in [0.2, 0.25) is 0 Å². The Hall–Kier alpha value is -0.960. The van der Waals surface area contributed by atoms with Crippen molar-refractivity contribution in [1.29, 1.82) is 0 Å². The standard InChI is InChI=1S/C12H16O2S/c1-3-9-6-5-7-11(15-4-2)10(9)8-12(13)14/h5-7H,3-4,8H2,1-2H3,(H,13,14). The quantitative estimate of drug-likeness (QED) is 0.781. The van der Waals surface area contributed by atoms with Gasteiger partial charge in [0.1, 0.15) is 0 Å². The van der Waals surface area contributed by atoms with Gasteiger partial charge in [-0.15, -0.1) is 11.8 Å². The first-order chi connectivity index (χ1) is 7.19. The van der Waals surface area contributed by atoms with Crippen molar-refractivity contribution in [2.75, 3.05) is 5.75 Å². The predicted molar refractivity (Wildman–Crippen MR) is 63.6 cm³/mol. The second kappa shape index (κ2) is 5.81. The maximum atomic E-state index is 10.8. The fourth-order valence-electron chi connectivity index (χ4n) is 1.58. The van der Waals surface area contributed by atoms with Crippen molar-refractivity contribution in [2.24, 2.45) is 0 Å². The fourth-order valence-corrected chi connectivity index (χ4v) is 2.45. The summed E-state index contributed by atoms with van der Waals surface area (Å²) in [6.45, 7) is 4.13. The fraction of sp³-hybridized carbons (Fsp3) is 0.417. The zero-order chi connectivity index (χ0) is 11.3. The van der Waals surface area contributed by atoms with Crippen LogP contribution in [0, 0.1) is 0 Å². The van der Waals surface area contributed by atoms with Crippen LogP contribution in [0.1, 0.15) is 25.0 Å². The number of aliphatic carboxylic acids is 1. The van der Waals surface area contributed by atoms with Crippen LogP contribution in [0.25, 0.3) is 0 Å². The largest absolute Gasteiger partial charge is 0.481 e. The van der Waals surface area contributed by atoms with Crippen molar-refractivity contribution >= 4 is 17.7 Å². The summed E-state index contributed by atoms with van der Waals surface area (Å²) in [5.74, 6) is 0.216. The first kappa shape index (κ1) is 12.1. The lowest BCUT2D eigenvalue weighted by Crippen LogP contribution is -2.05. The molecule has 0 aliphatic carbocycles. The van der Waals surface area contributed by atoms with E-state index in [1.807, 2.05) is 18.2 Å². The third-order valence-electron chi connectivity index (χ3n) is 2.24. The van der Waals surface area contributed by atoms with E-state index in [4.69, 9.17) is 5.11 Å². The molecule has 0 amide bonds. The molecule has 0 saturated carbocycles. The third kappa shape index (κ3) is 3.27. The van der Waals surface area contributed by atoms with Crippen molar-refractivity contribution in [2.45, 2.75) is 31.6 Å². The average Bonchev–Trinajstić information content (AvgIpc) is 2.20. The molecular weight excluding hydrogens is 208 g/mol. The Labute approximate surface area is 94.7 Å². The highest BCUT2D eigenvalue weighted by Crippen LogP contribution is 2.26. The van der Waals surface area contributed by atoms with Gasteiger partial charge in [-0.3, -0.25) is 4.79 Å². The van der Waals surface area contributed by atoms with Gasteiger partial charge >= 0.3 is 5.97 Å². The molecule has 0 radical (unpaired) electrons. The van der Waals surface area contributed by atoms with Crippen LogP contribution in [-0.2, 0) is 17.6 Å². The lowest BCUT2D eigenvalue weighted by atomic mass is 10.0. The number of benzene rings is 1. The topological polar surface area (TPSA) is 37.3 Å². The number of carboxylic acids is 1. The van der Waals surface area contributed by atoms with Crippen LogP contribution < -0.4 is 0 Å². The summed E-state index contributed by atoms with van der Waals surface area (Å²) < 4.78 is 0. The molecule has 82 valence electrons. The zero-order valence-corrected chi connectivity index (χ0v) is 9.93. The van der Waals surface area contributed by atoms with Gasteiger partial charge in [-0.25, -0.2) is 0 Å². The van der Waals surface area contributed by atoms with Gasteiger partial charge in [-0.2, -0.15) is 0 Å². The van der Waals surface area contributed by atoms with Gasteiger partial charge in [-0.05, 0) is 29.4 Å². The van der Waals surface area contributed by atoms with Crippen LogP contribution in [0.4, 0.5) is 0 Å². The highest BCUT2D eigenvalue weighted by atomic mass is 32.2. The predicted octanol–water partition coefficient (Wildman–Crippen LogP) is 2.99. The van der Waals surface area contributed by atoms with E-state index in [0.717, 1.165) is 28.2 Å². The van der Waals surface area contributed by atoms with Crippen LogP contribution in [-0.4, -0.2) is 16.8 Å². The molecule has 1 aromatic carbocycles. The van der Waals surface area contributed by atoms with E-state index in [1.165, 1.54) is 0 Å². The Balaban J connectivity index is 3.08. The van der Waals surface area contributed by atoms with Gasteiger partial charge < -0.3 is 5.11 Å². The number of aryl methyl sites for hydroxylation is 1. The average molecular weight is 224 g/mol. The Morgan fingerprint density at radius 1 is 1.40 bits per heavy atom. The molecule has 2 nitrogen and oxygen atoms in total. The monoisotopic (exact) mass is 224 g/mol. The van der Waals surface area contributed by atoms with Crippen LogP contribution in [0.3, 0.4) is 0 Å². The molecule has 1 N–H and O–H groups in total. The minimum absolute atomic E-state index is 0.131. The number of thioether (sulfide) groups is 1. The summed E-state index contributed by atoms with van der Waals surface area (Å²) in [5, 5.41) is 8.87. The van der Waals surface area contributed by atoms with Crippen molar-refractivity contribution in [1.82, 2.24) is 0 Å². The number of hydrogen-bond donors (Lipinski definition) is 1. The maximum absolute atomic E-state index is 10.8. The van der Waals surface area contributed by atoms with Gasteiger partial charge in [0.05, 0.1) is 6.42 Å². The van der Waals surface area contributed by atoms with E-state index < -0.39 is 5.97 Å². The van der Waals surface area contributed by atoms with Crippen molar-refractivity contribution < 1.29 is 9.90 Å². The van der Waals surface area contributed by atoms with E-state index >= 15 is 0 Å². The summed E-state index contributed by atoms with van der Waals surface area (Å²) in [6.07, 6.45) is 1.02. The van der Waals surface area contributed by atoms with Gasteiger partial charge in [0.2, 0.25) is 0 Å². The molecule has 0 aliphatic rings. The molecule has 0 aliphatic heterocycles. The molecule has 0 fully saturated rings. The number of carboxylic acid groups (broad SMARTS) is 1. The summed E-state index contributed by atoms with van der Waals surface area (Å²) in [7, 11) is 0. The first-order valence-electron chi connectivity index (χ1n) is 5.14.